The second-order valence-electron chi connectivity index (χ2n) is 5.89. The van der Waals surface area contributed by atoms with E-state index in [1.807, 2.05) is 19.1 Å². The van der Waals surface area contributed by atoms with E-state index in [0.717, 1.165) is 9.13 Å². The van der Waals surface area contributed by atoms with Gasteiger partial charge in [-0.15, -0.1) is 0 Å². The SMILES string of the molecule is Cc1ccc(NC(=O)CCS(=O)(=O)c2ccc3c(c2)OCCO3)cc1I. The normalized spacial score (nSPS) is 13.3. The molecular formula is C18H18INO5S. The molecule has 0 aliphatic carbocycles. The molecule has 138 valence electrons. The van der Waals surface area contributed by atoms with Gasteiger partial charge in [-0.2, -0.15) is 0 Å². The molecule has 0 saturated carbocycles. The van der Waals surface area contributed by atoms with E-state index in [1.165, 1.54) is 12.1 Å². The van der Waals surface area contributed by atoms with Gasteiger partial charge >= 0.3 is 0 Å². The average Bonchev–Trinajstić information content (AvgIpc) is 2.63. The number of sulfone groups is 1. The van der Waals surface area contributed by atoms with Crippen molar-refractivity contribution >= 4 is 44.0 Å². The number of nitrogens with one attached hydrogen (secondary N) is 1. The third-order valence-electron chi connectivity index (χ3n) is 3.93. The molecule has 2 aromatic rings. The first-order valence-electron chi connectivity index (χ1n) is 8.03. The molecule has 0 radical (unpaired) electrons. The molecule has 0 unspecified atom stereocenters. The van der Waals surface area contributed by atoms with Gasteiger partial charge in [0.15, 0.2) is 21.3 Å². The Bertz CT molecular complexity index is 943. The van der Waals surface area contributed by atoms with Crippen molar-refractivity contribution in [1.82, 2.24) is 0 Å². The van der Waals surface area contributed by atoms with Crippen molar-refractivity contribution in [3.63, 3.8) is 0 Å². The third kappa shape index (κ3) is 4.47. The lowest BCUT2D eigenvalue weighted by atomic mass is 10.2. The van der Waals surface area contributed by atoms with Gasteiger partial charge in [0.05, 0.1) is 10.6 Å². The summed E-state index contributed by atoms with van der Waals surface area (Å²) >= 11 is 2.19. The maximum Gasteiger partial charge on any atom is 0.225 e. The molecule has 1 heterocycles. The van der Waals surface area contributed by atoms with E-state index < -0.39 is 9.84 Å². The van der Waals surface area contributed by atoms with Crippen LogP contribution in [0.5, 0.6) is 11.5 Å². The van der Waals surface area contributed by atoms with Gasteiger partial charge in [0, 0.05) is 21.7 Å². The van der Waals surface area contributed by atoms with E-state index in [4.69, 9.17) is 9.47 Å². The van der Waals surface area contributed by atoms with Crippen molar-refractivity contribution in [3.05, 3.63) is 45.5 Å². The van der Waals surface area contributed by atoms with Crippen LogP contribution in [0.1, 0.15) is 12.0 Å². The first-order valence-corrected chi connectivity index (χ1v) is 10.8. The molecule has 0 atom stereocenters. The standard InChI is InChI=1S/C18H18INO5S/c1-12-2-3-13(10-15(12)19)20-18(21)6-9-26(22,23)14-4-5-16-17(11-14)25-8-7-24-16/h2-5,10-11H,6-9H2,1H3,(H,20,21). The van der Waals surface area contributed by atoms with Crippen LogP contribution in [-0.2, 0) is 14.6 Å². The number of ether oxygens (including phenoxy) is 2. The lowest BCUT2D eigenvalue weighted by Crippen LogP contribution is -2.18. The van der Waals surface area contributed by atoms with Crippen LogP contribution >= 0.6 is 22.6 Å². The van der Waals surface area contributed by atoms with Gasteiger partial charge in [-0.3, -0.25) is 4.79 Å². The number of benzene rings is 2. The Kier molecular flexibility index (Phi) is 5.71. The molecule has 0 aromatic heterocycles. The number of anilines is 1. The van der Waals surface area contributed by atoms with Crippen LogP contribution in [0.4, 0.5) is 5.69 Å². The van der Waals surface area contributed by atoms with E-state index in [9.17, 15) is 13.2 Å². The number of fused-ring (bicyclic) bond motifs is 1. The summed E-state index contributed by atoms with van der Waals surface area (Å²) in [4.78, 5) is 12.2. The lowest BCUT2D eigenvalue weighted by molar-refractivity contribution is -0.115. The Hall–Kier alpha value is -1.81. The number of rotatable bonds is 5. The highest BCUT2D eigenvalue weighted by molar-refractivity contribution is 14.1. The zero-order valence-corrected chi connectivity index (χ0v) is 17.1. The fraction of sp³-hybridized carbons (Fsp3) is 0.278. The molecular weight excluding hydrogens is 469 g/mol. The van der Waals surface area contributed by atoms with Crippen LogP contribution in [0.25, 0.3) is 0 Å². The predicted octanol–water partition coefficient (Wildman–Crippen LogP) is 3.17. The summed E-state index contributed by atoms with van der Waals surface area (Å²) in [6, 6.07) is 10.1. The molecule has 1 N–H and O–H groups in total. The Balaban J connectivity index is 1.64. The first kappa shape index (κ1) is 19.0. The Morgan fingerprint density at radius 1 is 1.12 bits per heavy atom. The summed E-state index contributed by atoms with van der Waals surface area (Å²) in [6.07, 6.45) is -0.124. The first-order chi connectivity index (χ1) is 12.3. The highest BCUT2D eigenvalue weighted by atomic mass is 127. The van der Waals surface area contributed by atoms with E-state index in [0.29, 0.717) is 30.4 Å². The molecule has 0 saturated heterocycles. The van der Waals surface area contributed by atoms with Crippen molar-refractivity contribution in [2.24, 2.45) is 0 Å². The van der Waals surface area contributed by atoms with Crippen LogP contribution in [0, 0.1) is 10.5 Å². The zero-order valence-electron chi connectivity index (χ0n) is 14.1. The lowest BCUT2D eigenvalue weighted by Gasteiger charge is -2.18. The monoisotopic (exact) mass is 487 g/mol. The van der Waals surface area contributed by atoms with E-state index in [-0.39, 0.29) is 23.0 Å². The van der Waals surface area contributed by atoms with Crippen LogP contribution in [0.2, 0.25) is 0 Å². The maximum absolute atomic E-state index is 12.5. The van der Waals surface area contributed by atoms with Crippen molar-refractivity contribution in [2.75, 3.05) is 24.3 Å². The van der Waals surface area contributed by atoms with Gasteiger partial charge in [-0.1, -0.05) is 6.07 Å². The fourth-order valence-corrected chi connectivity index (χ4v) is 4.22. The number of hydrogen-bond acceptors (Lipinski definition) is 5. The van der Waals surface area contributed by atoms with Crippen LogP contribution in [-0.4, -0.2) is 33.3 Å². The Labute approximate surface area is 165 Å². The molecule has 1 amide bonds. The van der Waals surface area contributed by atoms with Gasteiger partial charge in [0.2, 0.25) is 5.91 Å². The second kappa shape index (κ2) is 7.83. The number of amides is 1. The number of hydrogen-bond donors (Lipinski definition) is 1. The van der Waals surface area contributed by atoms with Gasteiger partial charge < -0.3 is 14.8 Å². The van der Waals surface area contributed by atoms with E-state index >= 15 is 0 Å². The van der Waals surface area contributed by atoms with Gasteiger partial charge in [-0.25, -0.2) is 8.42 Å². The summed E-state index contributed by atoms with van der Waals surface area (Å²) in [5, 5.41) is 2.73. The van der Waals surface area contributed by atoms with Crippen molar-refractivity contribution < 1.29 is 22.7 Å². The average molecular weight is 487 g/mol. The minimum Gasteiger partial charge on any atom is -0.486 e. The highest BCUT2D eigenvalue weighted by Crippen LogP contribution is 2.32. The summed E-state index contributed by atoms with van der Waals surface area (Å²) in [5.41, 5.74) is 1.77. The van der Waals surface area contributed by atoms with Crippen molar-refractivity contribution in [2.45, 2.75) is 18.2 Å². The molecule has 0 spiro atoms. The predicted molar refractivity (Wildman–Crippen MR) is 107 cm³/mol. The van der Waals surface area contributed by atoms with Gasteiger partial charge in [-0.05, 0) is 59.3 Å². The smallest absolute Gasteiger partial charge is 0.225 e. The largest absolute Gasteiger partial charge is 0.486 e. The zero-order chi connectivity index (χ0) is 18.7. The Morgan fingerprint density at radius 2 is 1.85 bits per heavy atom. The van der Waals surface area contributed by atoms with Crippen LogP contribution in [0.15, 0.2) is 41.3 Å². The molecule has 1 aliphatic rings. The molecule has 0 bridgehead atoms. The molecule has 3 rings (SSSR count). The van der Waals surface area contributed by atoms with Crippen LogP contribution < -0.4 is 14.8 Å². The van der Waals surface area contributed by atoms with Gasteiger partial charge in [0.1, 0.15) is 13.2 Å². The van der Waals surface area contributed by atoms with E-state index in [1.54, 1.807) is 12.1 Å². The minimum atomic E-state index is -3.59. The molecule has 0 fully saturated rings. The summed E-state index contributed by atoms with van der Waals surface area (Å²) in [5.74, 6) is 0.324. The number of carbonyl (C=O) groups excluding carboxylic acids is 1. The molecule has 6 nitrogen and oxygen atoms in total. The molecule has 26 heavy (non-hydrogen) atoms. The second-order valence-corrected chi connectivity index (χ2v) is 9.16. The summed E-state index contributed by atoms with van der Waals surface area (Å²) < 4.78 is 36.8. The molecule has 2 aromatic carbocycles. The minimum absolute atomic E-state index is 0.124. The van der Waals surface area contributed by atoms with Crippen molar-refractivity contribution in [3.8, 4) is 11.5 Å². The number of aryl methyl sites for hydroxylation is 1. The van der Waals surface area contributed by atoms with E-state index in [2.05, 4.69) is 27.9 Å². The van der Waals surface area contributed by atoms with Crippen LogP contribution in [0.3, 0.4) is 0 Å². The maximum atomic E-state index is 12.5. The number of halogens is 1. The summed E-state index contributed by atoms with van der Waals surface area (Å²) in [7, 11) is -3.59. The Morgan fingerprint density at radius 3 is 2.58 bits per heavy atom. The number of carbonyl (C=O) groups is 1. The van der Waals surface area contributed by atoms with Gasteiger partial charge in [0.25, 0.3) is 0 Å². The highest BCUT2D eigenvalue weighted by Gasteiger charge is 2.20. The third-order valence-corrected chi connectivity index (χ3v) is 6.80. The molecule has 1 aliphatic heterocycles. The fourth-order valence-electron chi connectivity index (χ4n) is 2.46. The quantitative estimate of drug-likeness (QED) is 0.656. The molecule has 8 heteroatoms. The van der Waals surface area contributed by atoms with Crippen molar-refractivity contribution in [1.29, 1.82) is 0 Å². The topological polar surface area (TPSA) is 81.7 Å². The summed E-state index contributed by atoms with van der Waals surface area (Å²) in [6.45, 7) is 2.80.